The molecular weight excluding hydrogens is 463 g/mol. The van der Waals surface area contributed by atoms with E-state index >= 15 is 0 Å². The number of carbonyl (C=O) groups is 1. The summed E-state index contributed by atoms with van der Waals surface area (Å²) in [7, 11) is 1.44. The minimum atomic E-state index is -1.30. The molecule has 0 bridgehead atoms. The third-order valence-corrected chi connectivity index (χ3v) is 5.78. The maximum Gasteiger partial charge on any atom is 0.340 e. The van der Waals surface area contributed by atoms with Crippen molar-refractivity contribution in [1.82, 2.24) is 0 Å². The van der Waals surface area contributed by atoms with Crippen molar-refractivity contribution in [3.63, 3.8) is 0 Å². The van der Waals surface area contributed by atoms with E-state index in [1.165, 1.54) is 37.5 Å². The van der Waals surface area contributed by atoms with Crippen LogP contribution in [-0.2, 0) is 6.42 Å². The molecule has 0 aromatic heterocycles. The highest BCUT2D eigenvalue weighted by molar-refractivity contribution is 5.97. The number of terminal acetylenes is 1. The third kappa shape index (κ3) is 6.51. The first-order valence-corrected chi connectivity index (χ1v) is 11.5. The number of hydrogen-bond acceptors (Lipinski definition) is 6. The first-order chi connectivity index (χ1) is 17.2. The average molecular weight is 493 g/mol. The molecule has 0 aliphatic carbocycles. The minimum absolute atomic E-state index is 0.187. The van der Waals surface area contributed by atoms with Crippen molar-refractivity contribution in [1.29, 1.82) is 0 Å². The number of carboxylic acids is 1. The van der Waals surface area contributed by atoms with Crippen molar-refractivity contribution in [3.05, 3.63) is 64.0 Å². The molecule has 0 spiro atoms. The lowest BCUT2D eigenvalue weighted by atomic mass is 9.97. The van der Waals surface area contributed by atoms with Gasteiger partial charge in [-0.25, -0.2) is 9.18 Å². The molecule has 8 heteroatoms. The zero-order valence-corrected chi connectivity index (χ0v) is 20.5. The Labute approximate surface area is 210 Å². The van der Waals surface area contributed by atoms with Crippen LogP contribution >= 0.6 is 0 Å². The van der Waals surface area contributed by atoms with Crippen LogP contribution in [0.1, 0.15) is 60.2 Å². The van der Waals surface area contributed by atoms with Gasteiger partial charge in [0, 0.05) is 36.5 Å². The monoisotopic (exact) mass is 492 g/mol. The summed E-state index contributed by atoms with van der Waals surface area (Å²) in [6.45, 7) is 4.12. The van der Waals surface area contributed by atoms with E-state index in [2.05, 4.69) is 16.1 Å². The number of rotatable bonds is 12. The average Bonchev–Trinajstić information content (AvgIpc) is 3.60. The molecule has 0 saturated heterocycles. The number of benzene rings is 2. The Bertz CT molecular complexity index is 1260. The molecule has 1 aliphatic heterocycles. The Morgan fingerprint density at radius 1 is 1.19 bits per heavy atom. The molecule has 0 fully saturated rings. The maximum atomic E-state index is 14.7. The van der Waals surface area contributed by atoms with Gasteiger partial charge in [-0.05, 0) is 44.0 Å². The van der Waals surface area contributed by atoms with Gasteiger partial charge < -0.3 is 19.7 Å². The number of carboxylic acid groups (broad SMARTS) is 1. The van der Waals surface area contributed by atoms with Crippen LogP contribution in [0.4, 0.5) is 4.39 Å². The molecule has 2 aromatic carbocycles. The quantitative estimate of drug-likeness (QED) is 0.207. The van der Waals surface area contributed by atoms with Gasteiger partial charge in [0.05, 0.1) is 13.7 Å². The summed E-state index contributed by atoms with van der Waals surface area (Å²) in [6.07, 6.45) is 12.1. The molecule has 188 valence electrons. The normalized spacial score (nSPS) is 13.3. The van der Waals surface area contributed by atoms with Gasteiger partial charge in [-0.3, -0.25) is 0 Å². The van der Waals surface area contributed by atoms with Crippen LogP contribution in [0.5, 0.6) is 17.2 Å². The number of hydrogen-bond donors (Lipinski definition) is 2. The summed E-state index contributed by atoms with van der Waals surface area (Å²) >= 11 is 0. The standard InChI is InChI=1S/C28H29FN2O5/c1-5-6-13-28(30-31-28)14-15-36-21-11-10-19(23(29)17-21)8-9-20-16-24(35-4)22(12-7-18(2)3)26(32)25(20)27(33)34/h1,7-11,16-17,32H,6,12-15H2,2-4H3,(H,33,34)/b9-8+. The highest BCUT2D eigenvalue weighted by Gasteiger charge is 2.38. The van der Waals surface area contributed by atoms with Gasteiger partial charge in [0.2, 0.25) is 0 Å². The van der Waals surface area contributed by atoms with E-state index in [4.69, 9.17) is 15.9 Å². The van der Waals surface area contributed by atoms with Gasteiger partial charge in [-0.15, -0.1) is 12.3 Å². The second-order valence-corrected chi connectivity index (χ2v) is 8.66. The summed E-state index contributed by atoms with van der Waals surface area (Å²) in [5.41, 5.74) is 1.05. The van der Waals surface area contributed by atoms with Crippen molar-refractivity contribution in [2.75, 3.05) is 13.7 Å². The van der Waals surface area contributed by atoms with Gasteiger partial charge in [0.1, 0.15) is 28.6 Å². The lowest BCUT2D eigenvalue weighted by Gasteiger charge is -2.14. The summed E-state index contributed by atoms with van der Waals surface area (Å²) in [5, 5.41) is 28.5. The number of halogens is 1. The number of aromatic hydroxyl groups is 1. The summed E-state index contributed by atoms with van der Waals surface area (Å²) in [5.74, 6) is 1.04. The predicted octanol–water partition coefficient (Wildman–Crippen LogP) is 6.26. The van der Waals surface area contributed by atoms with Crippen molar-refractivity contribution in [2.45, 2.75) is 45.2 Å². The molecule has 7 nitrogen and oxygen atoms in total. The summed E-state index contributed by atoms with van der Waals surface area (Å²) in [4.78, 5) is 11.9. The molecule has 0 amide bonds. The fourth-order valence-electron chi connectivity index (χ4n) is 3.66. The Morgan fingerprint density at radius 3 is 2.50 bits per heavy atom. The van der Waals surface area contributed by atoms with Gasteiger partial charge in [0.15, 0.2) is 5.66 Å². The van der Waals surface area contributed by atoms with Gasteiger partial charge in [-0.2, -0.15) is 10.2 Å². The largest absolute Gasteiger partial charge is 0.507 e. The molecule has 1 heterocycles. The fraction of sp³-hybridized carbons (Fsp3) is 0.321. The van der Waals surface area contributed by atoms with Crippen LogP contribution in [0.25, 0.3) is 12.2 Å². The van der Waals surface area contributed by atoms with Crippen LogP contribution in [0.3, 0.4) is 0 Å². The second kappa shape index (κ2) is 11.5. The zero-order chi connectivity index (χ0) is 26.3. The molecule has 1 aliphatic rings. The topological polar surface area (TPSA) is 101 Å². The van der Waals surface area contributed by atoms with E-state index in [1.807, 2.05) is 19.9 Å². The smallest absolute Gasteiger partial charge is 0.340 e. The van der Waals surface area contributed by atoms with Crippen molar-refractivity contribution >= 4 is 18.1 Å². The summed E-state index contributed by atoms with van der Waals surface area (Å²) in [6, 6.07) is 5.93. The van der Waals surface area contributed by atoms with Crippen LogP contribution in [0.2, 0.25) is 0 Å². The molecule has 2 aromatic rings. The van der Waals surface area contributed by atoms with E-state index in [0.717, 1.165) is 5.57 Å². The number of nitrogens with zero attached hydrogens (tertiary/aromatic N) is 2. The van der Waals surface area contributed by atoms with E-state index in [9.17, 15) is 19.4 Å². The van der Waals surface area contributed by atoms with E-state index in [1.54, 1.807) is 6.07 Å². The fourth-order valence-corrected chi connectivity index (χ4v) is 3.66. The van der Waals surface area contributed by atoms with Crippen LogP contribution in [0, 0.1) is 18.2 Å². The number of ether oxygens (including phenoxy) is 2. The molecular formula is C28H29FN2O5. The molecule has 3 rings (SSSR count). The minimum Gasteiger partial charge on any atom is -0.507 e. The highest BCUT2D eigenvalue weighted by atomic mass is 19.1. The van der Waals surface area contributed by atoms with Crippen molar-refractivity contribution in [3.8, 4) is 29.6 Å². The second-order valence-electron chi connectivity index (χ2n) is 8.66. The first kappa shape index (κ1) is 26.5. The molecule has 36 heavy (non-hydrogen) atoms. The molecule has 0 atom stereocenters. The Hall–Kier alpha value is -4.12. The molecule has 0 saturated carbocycles. The lowest BCUT2D eigenvalue weighted by molar-refractivity contribution is 0.0693. The van der Waals surface area contributed by atoms with E-state index in [0.29, 0.717) is 49.4 Å². The Kier molecular flexibility index (Phi) is 8.49. The lowest BCUT2D eigenvalue weighted by Crippen LogP contribution is -2.15. The van der Waals surface area contributed by atoms with Gasteiger partial charge >= 0.3 is 5.97 Å². The Morgan fingerprint density at radius 2 is 1.92 bits per heavy atom. The van der Waals surface area contributed by atoms with Crippen LogP contribution < -0.4 is 9.47 Å². The first-order valence-electron chi connectivity index (χ1n) is 11.5. The van der Waals surface area contributed by atoms with E-state index in [-0.39, 0.29) is 22.4 Å². The number of aromatic carboxylic acids is 1. The van der Waals surface area contributed by atoms with Crippen LogP contribution in [0.15, 0.2) is 46.1 Å². The highest BCUT2D eigenvalue weighted by Crippen LogP contribution is 2.37. The zero-order valence-electron chi connectivity index (χ0n) is 20.5. The van der Waals surface area contributed by atoms with Crippen LogP contribution in [-0.4, -0.2) is 35.6 Å². The summed E-state index contributed by atoms with van der Waals surface area (Å²) < 4.78 is 25.8. The van der Waals surface area contributed by atoms with Gasteiger partial charge in [0.25, 0.3) is 0 Å². The predicted molar refractivity (Wildman–Crippen MR) is 136 cm³/mol. The van der Waals surface area contributed by atoms with Gasteiger partial charge in [-0.1, -0.05) is 23.8 Å². The molecule has 2 N–H and O–H groups in total. The molecule has 0 unspecified atom stereocenters. The maximum absolute atomic E-state index is 14.7. The van der Waals surface area contributed by atoms with E-state index < -0.39 is 17.4 Å². The van der Waals surface area contributed by atoms with Crippen molar-refractivity contribution in [2.24, 2.45) is 10.2 Å². The third-order valence-electron chi connectivity index (χ3n) is 5.78. The Balaban J connectivity index is 1.77. The molecule has 0 radical (unpaired) electrons. The number of allylic oxidation sites excluding steroid dienone is 2. The number of phenols is 1. The SMILES string of the molecule is C#CCCC1(CCOc2ccc(/C=C/c3cc(OC)c(CC=C(C)C)c(O)c3C(=O)O)c(F)c2)N=N1. The number of methoxy groups -OCH3 is 1. The van der Waals surface area contributed by atoms with Crippen molar-refractivity contribution < 1.29 is 28.9 Å².